The van der Waals surface area contributed by atoms with Crippen molar-refractivity contribution in [1.29, 1.82) is 0 Å². The summed E-state index contributed by atoms with van der Waals surface area (Å²) in [6.07, 6.45) is 14.4. The minimum Gasteiger partial charge on any atom is -0.378 e. The summed E-state index contributed by atoms with van der Waals surface area (Å²) in [5, 5.41) is 3.12. The molecule has 0 saturated heterocycles. The number of urea groups is 1. The van der Waals surface area contributed by atoms with E-state index in [0.29, 0.717) is 5.41 Å². The van der Waals surface area contributed by atoms with Crippen LogP contribution in [-0.4, -0.2) is 25.3 Å². The van der Waals surface area contributed by atoms with E-state index >= 15 is 0 Å². The molecule has 4 nitrogen and oxygen atoms in total. The lowest BCUT2D eigenvalue weighted by Crippen LogP contribution is -2.63. The number of nitrogens with one attached hydrogen (secondary N) is 1. The van der Waals surface area contributed by atoms with Gasteiger partial charge >= 0.3 is 6.03 Å². The van der Waals surface area contributed by atoms with Gasteiger partial charge in [-0.25, -0.2) is 9.18 Å². The fourth-order valence-corrected chi connectivity index (χ4v) is 6.43. The van der Waals surface area contributed by atoms with Gasteiger partial charge in [-0.1, -0.05) is 18.9 Å². The predicted molar refractivity (Wildman–Crippen MR) is 96.7 cm³/mol. The Balaban J connectivity index is 1.47. The van der Waals surface area contributed by atoms with Crippen molar-refractivity contribution in [2.45, 2.75) is 76.2 Å². The summed E-state index contributed by atoms with van der Waals surface area (Å²) < 4.78 is 18.0. The summed E-state index contributed by atoms with van der Waals surface area (Å²) in [5.41, 5.74) is 5.84. The minimum atomic E-state index is -0.359. The molecule has 0 aromatic rings. The van der Waals surface area contributed by atoms with E-state index in [1.165, 1.54) is 39.2 Å². The Morgan fingerprint density at radius 1 is 1.24 bits per heavy atom. The first-order valence-electron chi connectivity index (χ1n) is 9.85. The zero-order valence-electron chi connectivity index (χ0n) is 15.5. The number of hydrogen-bond acceptors (Lipinski definition) is 2. The smallest absolute Gasteiger partial charge is 0.312 e. The Bertz CT molecular complexity index is 506. The molecule has 4 bridgehead atoms. The molecule has 0 aromatic carbocycles. The quantitative estimate of drug-likeness (QED) is 0.602. The van der Waals surface area contributed by atoms with Crippen LogP contribution in [0.5, 0.6) is 0 Å². The molecule has 0 spiro atoms. The molecule has 0 radical (unpaired) electrons. The lowest BCUT2D eigenvalue weighted by atomic mass is 9.46. The maximum absolute atomic E-state index is 13.3. The molecule has 0 aromatic heterocycles. The first-order valence-corrected chi connectivity index (χ1v) is 9.85. The number of ether oxygens (including phenoxy) is 1. The maximum Gasteiger partial charge on any atom is 0.312 e. The summed E-state index contributed by atoms with van der Waals surface area (Å²) >= 11 is 0. The van der Waals surface area contributed by atoms with Gasteiger partial charge in [0.05, 0.1) is 6.61 Å². The number of nitrogens with two attached hydrogens (primary N) is 1. The van der Waals surface area contributed by atoms with Crippen molar-refractivity contribution in [2.24, 2.45) is 23.0 Å². The number of primary amides is 1. The number of allylic oxidation sites excluding steroid dienone is 1. The largest absolute Gasteiger partial charge is 0.378 e. The van der Waals surface area contributed by atoms with Gasteiger partial charge in [-0.2, -0.15) is 0 Å². The Morgan fingerprint density at radius 2 is 1.96 bits per heavy atom. The molecule has 3 N–H and O–H groups in total. The highest BCUT2D eigenvalue weighted by atomic mass is 19.1. The standard InChI is InChI=1S/C20H33FN2O2/c1-25-13-17(21)6-4-2-3-5-7-19-9-15-8-16(10-19)12-20(11-15,14-19)23-18(22)24/h6,15-16H,2-5,7-14H2,1H3,(H3,22,23,24)/b17-6-. The zero-order chi connectivity index (χ0) is 17.9. The van der Waals surface area contributed by atoms with Gasteiger partial charge in [0.2, 0.25) is 0 Å². The van der Waals surface area contributed by atoms with Gasteiger partial charge < -0.3 is 15.8 Å². The number of methoxy groups -OCH3 is 1. The molecule has 5 heteroatoms. The van der Waals surface area contributed by atoms with Crippen molar-refractivity contribution in [3.63, 3.8) is 0 Å². The van der Waals surface area contributed by atoms with Gasteiger partial charge in [-0.05, 0) is 75.0 Å². The monoisotopic (exact) mass is 352 g/mol. The van der Waals surface area contributed by atoms with Crippen LogP contribution in [0.15, 0.2) is 11.9 Å². The number of carbonyl (C=O) groups excluding carboxylic acids is 1. The topological polar surface area (TPSA) is 64.3 Å². The van der Waals surface area contributed by atoms with Crippen molar-refractivity contribution in [2.75, 3.05) is 13.7 Å². The molecule has 4 aliphatic carbocycles. The summed E-state index contributed by atoms with van der Waals surface area (Å²) in [6, 6.07) is -0.359. The average Bonchev–Trinajstić information content (AvgIpc) is 2.48. The molecular weight excluding hydrogens is 319 g/mol. The van der Waals surface area contributed by atoms with Crippen molar-refractivity contribution in [1.82, 2.24) is 5.32 Å². The SMILES string of the molecule is COC/C(F)=C/CCCCCC12CC3CC(C1)CC(NC(N)=O)(C3)C2. The van der Waals surface area contributed by atoms with E-state index in [1.807, 2.05) is 0 Å². The van der Waals surface area contributed by atoms with Gasteiger partial charge in [-0.3, -0.25) is 0 Å². The van der Waals surface area contributed by atoms with Crippen LogP contribution in [0.1, 0.15) is 70.6 Å². The summed E-state index contributed by atoms with van der Waals surface area (Å²) in [5.74, 6) is 1.36. The maximum atomic E-state index is 13.3. The van der Waals surface area contributed by atoms with Crippen LogP contribution in [0, 0.1) is 17.3 Å². The lowest BCUT2D eigenvalue weighted by molar-refractivity contribution is -0.0814. The normalized spacial score (nSPS) is 36.6. The Hall–Kier alpha value is -1.10. The number of unbranched alkanes of at least 4 members (excludes halogenated alkanes) is 3. The van der Waals surface area contributed by atoms with E-state index in [9.17, 15) is 9.18 Å². The molecule has 0 heterocycles. The number of carbonyl (C=O) groups is 1. The highest BCUT2D eigenvalue weighted by Crippen LogP contribution is 2.63. The first kappa shape index (κ1) is 18.7. The molecule has 4 saturated carbocycles. The van der Waals surface area contributed by atoms with Gasteiger partial charge in [0.1, 0.15) is 5.83 Å². The third-order valence-electron chi connectivity index (χ3n) is 6.63. The van der Waals surface area contributed by atoms with E-state index in [0.717, 1.165) is 50.4 Å². The molecule has 142 valence electrons. The zero-order valence-corrected chi connectivity index (χ0v) is 15.5. The number of halogens is 1. The third kappa shape index (κ3) is 4.55. The number of amides is 2. The minimum absolute atomic E-state index is 0.0259. The van der Waals surface area contributed by atoms with E-state index in [-0.39, 0.29) is 24.0 Å². The molecule has 0 aliphatic heterocycles. The third-order valence-corrected chi connectivity index (χ3v) is 6.63. The molecule has 4 fully saturated rings. The van der Waals surface area contributed by atoms with Gasteiger partial charge in [-0.15, -0.1) is 0 Å². The van der Waals surface area contributed by atoms with E-state index < -0.39 is 0 Å². The Kier molecular flexibility index (Phi) is 5.71. The molecular formula is C20H33FN2O2. The molecule has 2 unspecified atom stereocenters. The molecule has 25 heavy (non-hydrogen) atoms. The second kappa shape index (κ2) is 7.65. The van der Waals surface area contributed by atoms with Gasteiger partial charge in [0.25, 0.3) is 0 Å². The second-order valence-electron chi connectivity index (χ2n) is 8.91. The van der Waals surface area contributed by atoms with Crippen molar-refractivity contribution >= 4 is 6.03 Å². The predicted octanol–water partition coefficient (Wildman–Crippen LogP) is 4.44. The highest BCUT2D eigenvalue weighted by Gasteiger charge is 2.57. The van der Waals surface area contributed by atoms with Crippen LogP contribution in [0.25, 0.3) is 0 Å². The summed E-state index contributed by atoms with van der Waals surface area (Å²) in [7, 11) is 1.51. The van der Waals surface area contributed by atoms with Gasteiger partial charge in [0, 0.05) is 12.6 Å². The highest BCUT2D eigenvalue weighted by molar-refractivity contribution is 5.72. The van der Waals surface area contributed by atoms with E-state index in [1.54, 1.807) is 6.08 Å². The van der Waals surface area contributed by atoms with Crippen LogP contribution in [0.4, 0.5) is 9.18 Å². The number of hydrogen-bond donors (Lipinski definition) is 2. The average molecular weight is 352 g/mol. The summed E-state index contributed by atoms with van der Waals surface area (Å²) in [4.78, 5) is 11.5. The first-order chi connectivity index (χ1) is 11.9. The summed E-state index contributed by atoms with van der Waals surface area (Å²) in [6.45, 7) is 0.0842. The number of rotatable bonds is 9. The van der Waals surface area contributed by atoms with Crippen molar-refractivity contribution in [3.05, 3.63) is 11.9 Å². The van der Waals surface area contributed by atoms with Crippen LogP contribution in [0.3, 0.4) is 0 Å². The van der Waals surface area contributed by atoms with E-state index in [4.69, 9.17) is 10.5 Å². The fourth-order valence-electron chi connectivity index (χ4n) is 6.43. The molecule has 2 atom stereocenters. The van der Waals surface area contributed by atoms with Crippen molar-refractivity contribution in [3.8, 4) is 0 Å². The fraction of sp³-hybridized carbons (Fsp3) is 0.850. The van der Waals surface area contributed by atoms with Crippen molar-refractivity contribution < 1.29 is 13.9 Å². The van der Waals surface area contributed by atoms with Crippen LogP contribution in [-0.2, 0) is 4.74 Å². The Morgan fingerprint density at radius 3 is 2.60 bits per heavy atom. The van der Waals surface area contributed by atoms with Crippen LogP contribution in [0.2, 0.25) is 0 Å². The molecule has 4 aliphatic rings. The molecule has 2 amide bonds. The Labute approximate surface area is 150 Å². The van der Waals surface area contributed by atoms with Crippen LogP contribution < -0.4 is 11.1 Å². The van der Waals surface area contributed by atoms with Gasteiger partial charge in [0.15, 0.2) is 0 Å². The lowest BCUT2D eigenvalue weighted by Gasteiger charge is -2.62. The van der Waals surface area contributed by atoms with E-state index in [2.05, 4.69) is 5.32 Å². The van der Waals surface area contributed by atoms with Crippen LogP contribution >= 0.6 is 0 Å². The second-order valence-corrected chi connectivity index (χ2v) is 8.91. The molecule has 4 rings (SSSR count).